The average molecular weight is 360 g/mol. The number of thiazole rings is 1. The molecule has 0 bridgehead atoms. The van der Waals surface area contributed by atoms with Gasteiger partial charge < -0.3 is 9.88 Å². The summed E-state index contributed by atoms with van der Waals surface area (Å²) in [6.45, 7) is 3.72. The number of hydrogen-bond donors (Lipinski definition) is 1. The standard InChI is InChI=1S/C15H16N6OS2/c1-9-8-23-14(17-9)18-13(22)10(2)24-15-20-19-12(21(15)3)11-5-4-6-16-7-11/h4-8,10H,1-3H3,(H,17,18,22)/t10-/m0/s1. The van der Waals surface area contributed by atoms with Crippen molar-refractivity contribution in [3.63, 3.8) is 0 Å². The number of carbonyl (C=O) groups is 1. The van der Waals surface area contributed by atoms with Crippen LogP contribution in [0.1, 0.15) is 12.6 Å². The SMILES string of the molecule is Cc1csc(NC(=O)[C@H](C)Sc2nnc(-c3cccnc3)n2C)n1. The lowest BCUT2D eigenvalue weighted by Crippen LogP contribution is -2.22. The van der Waals surface area contributed by atoms with Crippen LogP contribution >= 0.6 is 23.1 Å². The molecule has 1 N–H and O–H groups in total. The van der Waals surface area contributed by atoms with Crippen molar-refractivity contribution in [3.8, 4) is 11.4 Å². The Morgan fingerprint density at radius 3 is 2.92 bits per heavy atom. The van der Waals surface area contributed by atoms with E-state index >= 15 is 0 Å². The number of nitrogens with one attached hydrogen (secondary N) is 1. The van der Waals surface area contributed by atoms with Gasteiger partial charge in [0.1, 0.15) is 0 Å². The first-order valence-electron chi connectivity index (χ1n) is 7.24. The van der Waals surface area contributed by atoms with Gasteiger partial charge in [0.25, 0.3) is 0 Å². The molecule has 0 saturated heterocycles. The number of nitrogens with zero attached hydrogens (tertiary/aromatic N) is 5. The van der Waals surface area contributed by atoms with Crippen molar-refractivity contribution in [1.29, 1.82) is 0 Å². The van der Waals surface area contributed by atoms with Gasteiger partial charge in [0.2, 0.25) is 5.91 Å². The van der Waals surface area contributed by atoms with E-state index in [4.69, 9.17) is 0 Å². The number of aromatic nitrogens is 5. The molecule has 0 spiro atoms. The van der Waals surface area contributed by atoms with Gasteiger partial charge in [-0.2, -0.15) is 0 Å². The topological polar surface area (TPSA) is 85.6 Å². The molecule has 7 nitrogen and oxygen atoms in total. The molecule has 3 heterocycles. The smallest absolute Gasteiger partial charge is 0.239 e. The Kier molecular flexibility index (Phi) is 4.91. The van der Waals surface area contributed by atoms with Crippen molar-refractivity contribution in [2.75, 3.05) is 5.32 Å². The fourth-order valence-corrected chi connectivity index (χ4v) is 3.50. The Balaban J connectivity index is 1.69. The van der Waals surface area contributed by atoms with E-state index in [1.807, 2.05) is 43.0 Å². The van der Waals surface area contributed by atoms with Crippen LogP contribution in [0, 0.1) is 6.92 Å². The van der Waals surface area contributed by atoms with Gasteiger partial charge in [-0.05, 0) is 26.0 Å². The van der Waals surface area contributed by atoms with Crippen molar-refractivity contribution in [2.24, 2.45) is 7.05 Å². The van der Waals surface area contributed by atoms with Crippen LogP contribution in [0.5, 0.6) is 0 Å². The van der Waals surface area contributed by atoms with Crippen LogP contribution in [0.15, 0.2) is 35.1 Å². The van der Waals surface area contributed by atoms with Gasteiger partial charge in [-0.1, -0.05) is 11.8 Å². The minimum absolute atomic E-state index is 0.111. The summed E-state index contributed by atoms with van der Waals surface area (Å²) in [6.07, 6.45) is 3.45. The highest BCUT2D eigenvalue weighted by molar-refractivity contribution is 8.00. The fraction of sp³-hybridized carbons (Fsp3) is 0.267. The number of aryl methyl sites for hydroxylation is 1. The number of thioether (sulfide) groups is 1. The van der Waals surface area contributed by atoms with E-state index < -0.39 is 0 Å². The highest BCUT2D eigenvalue weighted by atomic mass is 32.2. The maximum absolute atomic E-state index is 12.3. The first kappa shape index (κ1) is 16.6. The Morgan fingerprint density at radius 2 is 2.25 bits per heavy atom. The Hall–Kier alpha value is -2.26. The molecule has 3 aromatic heterocycles. The lowest BCUT2D eigenvalue weighted by atomic mass is 10.3. The second-order valence-electron chi connectivity index (χ2n) is 5.15. The highest BCUT2D eigenvalue weighted by Gasteiger charge is 2.20. The zero-order chi connectivity index (χ0) is 17.1. The molecule has 3 aromatic rings. The molecule has 24 heavy (non-hydrogen) atoms. The van der Waals surface area contributed by atoms with Gasteiger partial charge in [0.15, 0.2) is 16.1 Å². The first-order valence-corrected chi connectivity index (χ1v) is 9.00. The van der Waals surface area contributed by atoms with Crippen LogP contribution in [0.4, 0.5) is 5.13 Å². The molecule has 0 aromatic carbocycles. The zero-order valence-electron chi connectivity index (χ0n) is 13.4. The molecule has 0 radical (unpaired) electrons. The predicted molar refractivity (Wildman–Crippen MR) is 95.0 cm³/mol. The lowest BCUT2D eigenvalue weighted by Gasteiger charge is -2.10. The summed E-state index contributed by atoms with van der Waals surface area (Å²) < 4.78 is 1.86. The van der Waals surface area contributed by atoms with E-state index in [1.165, 1.54) is 23.1 Å². The van der Waals surface area contributed by atoms with E-state index in [9.17, 15) is 4.79 Å². The molecule has 0 saturated carbocycles. The number of carbonyl (C=O) groups excluding carboxylic acids is 1. The van der Waals surface area contributed by atoms with Crippen LogP contribution in [-0.2, 0) is 11.8 Å². The van der Waals surface area contributed by atoms with Gasteiger partial charge in [-0.3, -0.25) is 9.78 Å². The summed E-state index contributed by atoms with van der Waals surface area (Å²) in [7, 11) is 1.87. The Bertz CT molecular complexity index is 845. The van der Waals surface area contributed by atoms with Crippen molar-refractivity contribution in [2.45, 2.75) is 24.3 Å². The maximum Gasteiger partial charge on any atom is 0.239 e. The second-order valence-corrected chi connectivity index (χ2v) is 7.32. The fourth-order valence-electron chi connectivity index (χ4n) is 1.99. The molecule has 0 fully saturated rings. The van der Waals surface area contributed by atoms with Crippen molar-refractivity contribution in [1.82, 2.24) is 24.7 Å². The summed E-state index contributed by atoms with van der Waals surface area (Å²) in [6, 6.07) is 3.77. The van der Waals surface area contributed by atoms with Gasteiger partial charge in [-0.25, -0.2) is 4.98 Å². The van der Waals surface area contributed by atoms with Crippen molar-refractivity contribution in [3.05, 3.63) is 35.6 Å². The summed E-state index contributed by atoms with van der Waals surface area (Å²) in [5, 5.41) is 14.1. The number of pyridine rings is 1. The number of hydrogen-bond acceptors (Lipinski definition) is 7. The lowest BCUT2D eigenvalue weighted by molar-refractivity contribution is -0.115. The molecule has 0 aliphatic carbocycles. The molecule has 1 amide bonds. The summed E-state index contributed by atoms with van der Waals surface area (Å²) >= 11 is 2.77. The minimum atomic E-state index is -0.321. The van der Waals surface area contributed by atoms with Crippen LogP contribution in [0.25, 0.3) is 11.4 Å². The van der Waals surface area contributed by atoms with Crippen molar-refractivity contribution >= 4 is 34.1 Å². The van der Waals surface area contributed by atoms with Crippen LogP contribution in [0.2, 0.25) is 0 Å². The molecular formula is C15H16N6OS2. The van der Waals surface area contributed by atoms with E-state index in [0.717, 1.165) is 11.3 Å². The first-order chi connectivity index (χ1) is 11.5. The van der Waals surface area contributed by atoms with Crippen molar-refractivity contribution < 1.29 is 4.79 Å². The third-order valence-electron chi connectivity index (χ3n) is 3.26. The van der Waals surface area contributed by atoms with E-state index in [-0.39, 0.29) is 11.2 Å². The molecule has 1 atom stereocenters. The largest absolute Gasteiger partial charge is 0.305 e. The van der Waals surface area contributed by atoms with Gasteiger partial charge in [-0.15, -0.1) is 21.5 Å². The summed E-state index contributed by atoms with van der Waals surface area (Å²) in [5.41, 5.74) is 1.78. The Morgan fingerprint density at radius 1 is 1.42 bits per heavy atom. The van der Waals surface area contributed by atoms with Crippen LogP contribution in [-0.4, -0.2) is 35.9 Å². The van der Waals surface area contributed by atoms with Gasteiger partial charge >= 0.3 is 0 Å². The van der Waals surface area contributed by atoms with Gasteiger partial charge in [0.05, 0.1) is 10.9 Å². The highest BCUT2D eigenvalue weighted by Crippen LogP contribution is 2.26. The third-order valence-corrected chi connectivity index (χ3v) is 5.26. The van der Waals surface area contributed by atoms with E-state index in [0.29, 0.717) is 16.1 Å². The second kappa shape index (κ2) is 7.10. The number of anilines is 1. The summed E-state index contributed by atoms with van der Waals surface area (Å²) in [5.74, 6) is 0.606. The van der Waals surface area contributed by atoms with Crippen LogP contribution in [0.3, 0.4) is 0 Å². The third kappa shape index (κ3) is 3.62. The predicted octanol–water partition coefficient (Wildman–Crippen LogP) is 2.76. The maximum atomic E-state index is 12.3. The number of amides is 1. The summed E-state index contributed by atoms with van der Waals surface area (Å²) in [4.78, 5) is 20.6. The molecule has 0 unspecified atom stereocenters. The molecule has 0 aliphatic heterocycles. The average Bonchev–Trinajstić information content (AvgIpc) is 3.14. The quantitative estimate of drug-likeness (QED) is 0.704. The monoisotopic (exact) mass is 360 g/mol. The normalized spacial score (nSPS) is 12.1. The minimum Gasteiger partial charge on any atom is -0.305 e. The Labute approximate surface area is 147 Å². The van der Waals surface area contributed by atoms with E-state index in [2.05, 4.69) is 25.5 Å². The van der Waals surface area contributed by atoms with Crippen LogP contribution < -0.4 is 5.32 Å². The number of rotatable bonds is 5. The molecule has 124 valence electrons. The molecule has 9 heteroatoms. The van der Waals surface area contributed by atoms with E-state index in [1.54, 1.807) is 12.4 Å². The van der Waals surface area contributed by atoms with Gasteiger partial charge in [0, 0.05) is 30.4 Å². The zero-order valence-corrected chi connectivity index (χ0v) is 15.1. The molecule has 3 rings (SSSR count). The molecular weight excluding hydrogens is 344 g/mol. The molecule has 0 aliphatic rings.